The average Bonchev–Trinajstić information content (AvgIpc) is 3.09. The number of carbonyl (C=O) groups is 2. The van der Waals surface area contributed by atoms with Crippen molar-refractivity contribution in [3.63, 3.8) is 0 Å². The third-order valence-electron chi connectivity index (χ3n) is 4.02. The first kappa shape index (κ1) is 22.2. The highest BCUT2D eigenvalue weighted by molar-refractivity contribution is 8.01. The number of anilines is 2. The fourth-order valence-corrected chi connectivity index (χ4v) is 4.04. The molecule has 0 aliphatic heterocycles. The van der Waals surface area contributed by atoms with Gasteiger partial charge in [0.25, 0.3) is 0 Å². The Morgan fingerprint density at radius 3 is 2.61 bits per heavy atom. The van der Waals surface area contributed by atoms with Gasteiger partial charge in [0.05, 0.1) is 12.9 Å². The molecule has 7 nitrogen and oxygen atoms in total. The second-order valence-electron chi connectivity index (χ2n) is 6.86. The number of hydrogen-bond donors (Lipinski definition) is 2. The Morgan fingerprint density at radius 1 is 1.21 bits per heavy atom. The third-order valence-corrected chi connectivity index (χ3v) is 5.99. The minimum atomic E-state index is -0.630. The van der Waals surface area contributed by atoms with Crippen molar-refractivity contribution < 1.29 is 14.3 Å². The van der Waals surface area contributed by atoms with Gasteiger partial charge in [-0.05, 0) is 49.4 Å². The van der Waals surface area contributed by atoms with E-state index in [2.05, 4.69) is 40.7 Å². The molecule has 0 saturated carbocycles. The summed E-state index contributed by atoms with van der Waals surface area (Å²) in [5.74, 6) is -0.244. The molecule has 1 aromatic carbocycles. The summed E-state index contributed by atoms with van der Waals surface area (Å²) in [7, 11) is 1.32. The Hall–Kier alpha value is -2.13. The zero-order valence-electron chi connectivity index (χ0n) is 16.7. The van der Waals surface area contributed by atoms with E-state index < -0.39 is 12.0 Å². The molecule has 2 rings (SSSR count). The molecule has 1 aromatic heterocycles. The maximum absolute atomic E-state index is 12.2. The molecule has 0 fully saturated rings. The van der Waals surface area contributed by atoms with Crippen molar-refractivity contribution in [2.24, 2.45) is 5.92 Å². The topological polar surface area (TPSA) is 93.2 Å². The first-order valence-electron chi connectivity index (χ1n) is 8.96. The van der Waals surface area contributed by atoms with Crippen molar-refractivity contribution >= 4 is 45.8 Å². The van der Waals surface area contributed by atoms with Gasteiger partial charge >= 0.3 is 5.97 Å². The number of thioether (sulfide) groups is 1. The average molecular weight is 423 g/mol. The molecule has 0 spiro atoms. The van der Waals surface area contributed by atoms with E-state index >= 15 is 0 Å². The Bertz CT molecular complexity index is 823. The van der Waals surface area contributed by atoms with E-state index in [-0.39, 0.29) is 17.6 Å². The van der Waals surface area contributed by atoms with Crippen molar-refractivity contribution in [3.8, 4) is 0 Å². The van der Waals surface area contributed by atoms with Crippen LogP contribution in [0.25, 0.3) is 0 Å². The third kappa shape index (κ3) is 6.79. The number of methoxy groups -OCH3 is 1. The number of benzene rings is 1. The number of esters is 1. The lowest BCUT2D eigenvalue weighted by atomic mass is 10.0. The summed E-state index contributed by atoms with van der Waals surface area (Å²) in [5.41, 5.74) is 3.37. The maximum Gasteiger partial charge on any atom is 0.328 e. The zero-order chi connectivity index (χ0) is 20.7. The van der Waals surface area contributed by atoms with Crippen molar-refractivity contribution in [1.29, 1.82) is 0 Å². The van der Waals surface area contributed by atoms with Crippen molar-refractivity contribution in [2.45, 2.75) is 44.5 Å². The van der Waals surface area contributed by atoms with E-state index in [4.69, 9.17) is 4.74 Å². The molecule has 9 heteroatoms. The minimum Gasteiger partial charge on any atom is -0.467 e. The molecule has 1 heterocycles. The van der Waals surface area contributed by atoms with Gasteiger partial charge in [-0.15, -0.1) is 10.2 Å². The molecular formula is C19H26N4O3S2. The van der Waals surface area contributed by atoms with Crippen LogP contribution in [0.3, 0.4) is 0 Å². The lowest BCUT2D eigenvalue weighted by Crippen LogP contribution is -2.43. The van der Waals surface area contributed by atoms with Crippen molar-refractivity contribution in [3.05, 3.63) is 29.3 Å². The van der Waals surface area contributed by atoms with E-state index in [0.717, 1.165) is 5.69 Å². The van der Waals surface area contributed by atoms with Gasteiger partial charge in [-0.3, -0.25) is 4.79 Å². The summed E-state index contributed by atoms with van der Waals surface area (Å²) >= 11 is 2.66. The van der Waals surface area contributed by atoms with Crippen LogP contribution >= 0.6 is 23.1 Å². The molecule has 2 N–H and O–H groups in total. The highest BCUT2D eigenvalue weighted by atomic mass is 32.2. The van der Waals surface area contributed by atoms with Crippen LogP contribution in [-0.4, -0.2) is 41.0 Å². The second-order valence-corrected chi connectivity index (χ2v) is 9.06. The predicted octanol–water partition coefficient (Wildman–Crippen LogP) is 3.69. The lowest BCUT2D eigenvalue weighted by Gasteiger charge is -2.17. The van der Waals surface area contributed by atoms with Gasteiger partial charge in [0.1, 0.15) is 6.04 Å². The van der Waals surface area contributed by atoms with Gasteiger partial charge in [-0.1, -0.05) is 43.0 Å². The van der Waals surface area contributed by atoms with Gasteiger partial charge in [0.15, 0.2) is 4.34 Å². The smallest absolute Gasteiger partial charge is 0.328 e. The zero-order valence-corrected chi connectivity index (χ0v) is 18.4. The SMILES string of the molecule is COC(=O)[C@H](CC(C)C)NC(=O)CSc1nnc(Nc2ccc(C)c(C)c2)s1. The van der Waals surface area contributed by atoms with Crippen LogP contribution in [0.4, 0.5) is 10.8 Å². The molecular weight excluding hydrogens is 396 g/mol. The number of hydrogen-bond acceptors (Lipinski definition) is 8. The molecule has 28 heavy (non-hydrogen) atoms. The van der Waals surface area contributed by atoms with E-state index in [1.807, 2.05) is 26.0 Å². The number of nitrogens with zero attached hydrogens (tertiary/aromatic N) is 2. The minimum absolute atomic E-state index is 0.157. The molecule has 0 bridgehead atoms. The quantitative estimate of drug-likeness (QED) is 0.470. The fourth-order valence-electron chi connectivity index (χ4n) is 2.45. The fraction of sp³-hybridized carbons (Fsp3) is 0.474. The first-order chi connectivity index (χ1) is 13.3. The van der Waals surface area contributed by atoms with Gasteiger partial charge in [-0.25, -0.2) is 4.79 Å². The summed E-state index contributed by atoms with van der Waals surface area (Å²) < 4.78 is 5.44. The van der Waals surface area contributed by atoms with E-state index in [0.29, 0.717) is 15.9 Å². The number of aromatic nitrogens is 2. The van der Waals surface area contributed by atoms with Crippen LogP contribution in [0, 0.1) is 19.8 Å². The van der Waals surface area contributed by atoms with Crippen molar-refractivity contribution in [2.75, 3.05) is 18.2 Å². The van der Waals surface area contributed by atoms with Crippen LogP contribution in [0.15, 0.2) is 22.5 Å². The maximum atomic E-state index is 12.2. The Kier molecular flexibility index (Phi) is 8.25. The highest BCUT2D eigenvalue weighted by Crippen LogP contribution is 2.28. The highest BCUT2D eigenvalue weighted by Gasteiger charge is 2.22. The van der Waals surface area contributed by atoms with E-state index in [1.54, 1.807) is 0 Å². The second kappa shape index (κ2) is 10.4. The Labute approximate surface area is 173 Å². The Morgan fingerprint density at radius 2 is 1.96 bits per heavy atom. The molecule has 1 amide bonds. The van der Waals surface area contributed by atoms with Gasteiger partial charge < -0.3 is 15.4 Å². The predicted molar refractivity (Wildman–Crippen MR) is 113 cm³/mol. The van der Waals surface area contributed by atoms with E-state index in [1.165, 1.54) is 41.3 Å². The standard InChI is InChI=1S/C19H26N4O3S2/c1-11(2)8-15(17(25)26-5)21-16(24)10-27-19-23-22-18(28-19)20-14-7-6-12(3)13(4)9-14/h6-7,9,11,15H,8,10H2,1-5H3,(H,20,22)(H,21,24)/t15-/m0/s1. The number of rotatable bonds is 9. The van der Waals surface area contributed by atoms with Crippen LogP contribution in [0.1, 0.15) is 31.4 Å². The molecule has 0 aliphatic carbocycles. The van der Waals surface area contributed by atoms with Gasteiger partial charge in [-0.2, -0.15) is 0 Å². The van der Waals surface area contributed by atoms with E-state index in [9.17, 15) is 9.59 Å². The summed E-state index contributed by atoms with van der Waals surface area (Å²) in [6, 6.07) is 5.47. The Balaban J connectivity index is 1.88. The number of amides is 1. The molecule has 0 aliphatic rings. The van der Waals surface area contributed by atoms with Crippen LogP contribution < -0.4 is 10.6 Å². The molecule has 2 aromatic rings. The monoisotopic (exact) mass is 422 g/mol. The number of ether oxygens (including phenoxy) is 1. The van der Waals surface area contributed by atoms with Crippen LogP contribution in [0.5, 0.6) is 0 Å². The summed E-state index contributed by atoms with van der Waals surface area (Å²) in [6.07, 6.45) is 0.534. The van der Waals surface area contributed by atoms with Crippen LogP contribution in [-0.2, 0) is 14.3 Å². The van der Waals surface area contributed by atoms with Gasteiger partial charge in [0, 0.05) is 5.69 Å². The van der Waals surface area contributed by atoms with Gasteiger partial charge in [0.2, 0.25) is 11.0 Å². The normalized spacial score (nSPS) is 11.9. The number of aryl methyl sites for hydroxylation is 2. The van der Waals surface area contributed by atoms with Crippen LogP contribution in [0.2, 0.25) is 0 Å². The molecule has 0 unspecified atom stereocenters. The molecule has 0 saturated heterocycles. The van der Waals surface area contributed by atoms with Crippen molar-refractivity contribution in [1.82, 2.24) is 15.5 Å². The number of carbonyl (C=O) groups excluding carboxylic acids is 2. The first-order valence-corrected chi connectivity index (χ1v) is 10.8. The largest absolute Gasteiger partial charge is 0.467 e. The summed E-state index contributed by atoms with van der Waals surface area (Å²) in [6.45, 7) is 8.10. The lowest BCUT2D eigenvalue weighted by molar-refractivity contribution is -0.145. The molecule has 1 atom stereocenters. The molecule has 152 valence electrons. The number of nitrogens with one attached hydrogen (secondary N) is 2. The summed E-state index contributed by atoms with van der Waals surface area (Å²) in [5, 5.41) is 14.8. The molecule has 0 radical (unpaired) electrons. The summed E-state index contributed by atoms with van der Waals surface area (Å²) in [4.78, 5) is 24.0.